The van der Waals surface area contributed by atoms with Gasteiger partial charge < -0.3 is 19.9 Å². The molecule has 25 heavy (non-hydrogen) atoms. The fraction of sp³-hybridized carbons (Fsp3) is 0.550. The van der Waals surface area contributed by atoms with Crippen molar-refractivity contribution >= 4 is 5.91 Å². The van der Waals surface area contributed by atoms with Crippen molar-refractivity contribution in [1.29, 1.82) is 0 Å². The lowest BCUT2D eigenvalue weighted by Crippen LogP contribution is -2.35. The third-order valence-electron chi connectivity index (χ3n) is 4.72. The maximum atomic E-state index is 12.3. The monoisotopic (exact) mass is 345 g/mol. The zero-order chi connectivity index (χ0) is 17.8. The third-order valence-corrected chi connectivity index (χ3v) is 4.72. The van der Waals surface area contributed by atoms with Crippen LogP contribution in [0, 0.1) is 11.8 Å². The molecule has 0 bridgehead atoms. The van der Waals surface area contributed by atoms with Crippen LogP contribution in [0.2, 0.25) is 0 Å². The van der Waals surface area contributed by atoms with Crippen molar-refractivity contribution in [2.75, 3.05) is 0 Å². The van der Waals surface area contributed by atoms with Crippen molar-refractivity contribution < 1.29 is 19.4 Å². The zero-order valence-electron chi connectivity index (χ0n) is 14.9. The Hall–Kier alpha value is -1.85. The summed E-state index contributed by atoms with van der Waals surface area (Å²) in [4.78, 5) is 12.3. The molecule has 2 N–H and O–H groups in total. The van der Waals surface area contributed by atoms with Crippen molar-refractivity contribution in [3.05, 3.63) is 47.2 Å². The Morgan fingerprint density at radius 3 is 2.56 bits per heavy atom. The largest absolute Gasteiger partial charge is 0.459 e. The summed E-state index contributed by atoms with van der Waals surface area (Å²) in [5.74, 6) is 0.934. The molecule has 1 fully saturated rings. The van der Waals surface area contributed by atoms with Gasteiger partial charge in [0, 0.05) is 12.5 Å². The molecule has 0 radical (unpaired) electrons. The van der Waals surface area contributed by atoms with Crippen LogP contribution >= 0.6 is 0 Å². The number of hydrogen-bond donors (Lipinski definition) is 2. The highest BCUT2D eigenvalue weighted by molar-refractivity contribution is 5.92. The Bertz CT molecular complexity index is 619. The van der Waals surface area contributed by atoms with Crippen LogP contribution in [-0.4, -0.2) is 23.3 Å². The van der Waals surface area contributed by atoms with Gasteiger partial charge in [0.2, 0.25) is 6.29 Å². The van der Waals surface area contributed by atoms with E-state index in [4.69, 9.17) is 14.6 Å². The molecule has 1 aromatic carbocycles. The number of aliphatic hydroxyl groups is 1. The van der Waals surface area contributed by atoms with Crippen molar-refractivity contribution in [3.8, 4) is 0 Å². The first-order valence-corrected chi connectivity index (χ1v) is 9.04. The lowest BCUT2D eigenvalue weighted by Gasteiger charge is -2.31. The van der Waals surface area contributed by atoms with Crippen LogP contribution in [0.15, 0.2) is 36.1 Å². The Balaban J connectivity index is 1.60. The molecule has 5 nitrogen and oxygen atoms in total. The number of ether oxygens (including phenoxy) is 2. The summed E-state index contributed by atoms with van der Waals surface area (Å²) in [6.45, 7) is 4.74. The summed E-state index contributed by atoms with van der Waals surface area (Å²) in [7, 11) is 0. The van der Waals surface area contributed by atoms with E-state index in [0.717, 1.165) is 30.4 Å². The number of nitrogens with one attached hydrogen (secondary N) is 1. The number of hydrogen-bond acceptors (Lipinski definition) is 4. The Morgan fingerprint density at radius 1 is 1.28 bits per heavy atom. The van der Waals surface area contributed by atoms with Crippen molar-refractivity contribution in [3.63, 3.8) is 0 Å². The van der Waals surface area contributed by atoms with E-state index >= 15 is 0 Å². The van der Waals surface area contributed by atoms with Gasteiger partial charge in [0.15, 0.2) is 5.76 Å². The number of carbonyl (C=O) groups excluding carboxylic acids is 1. The smallest absolute Gasteiger partial charge is 0.286 e. The molecule has 0 spiro atoms. The van der Waals surface area contributed by atoms with E-state index in [1.54, 1.807) is 0 Å². The van der Waals surface area contributed by atoms with Crippen molar-refractivity contribution in [2.45, 2.75) is 58.7 Å². The first-order valence-electron chi connectivity index (χ1n) is 9.04. The summed E-state index contributed by atoms with van der Waals surface area (Å²) in [6, 6.07) is 7.94. The highest BCUT2D eigenvalue weighted by Gasteiger charge is 2.32. The molecule has 0 unspecified atom stereocenters. The molecule has 3 rings (SSSR count). The van der Waals surface area contributed by atoms with Crippen LogP contribution in [0.4, 0.5) is 0 Å². The summed E-state index contributed by atoms with van der Waals surface area (Å²) in [6.07, 6.45) is 4.37. The topological polar surface area (TPSA) is 67.8 Å². The maximum Gasteiger partial charge on any atom is 0.286 e. The summed E-state index contributed by atoms with van der Waals surface area (Å²) in [5, 5.41) is 12.1. The summed E-state index contributed by atoms with van der Waals surface area (Å²) < 4.78 is 11.7. The number of carbonyl (C=O) groups is 1. The van der Waals surface area contributed by atoms with Gasteiger partial charge in [-0.2, -0.15) is 0 Å². The second-order valence-electron chi connectivity index (χ2n) is 7.26. The highest BCUT2D eigenvalue weighted by atomic mass is 16.7. The summed E-state index contributed by atoms with van der Waals surface area (Å²) >= 11 is 0. The van der Waals surface area contributed by atoms with Crippen LogP contribution in [0.5, 0.6) is 0 Å². The quantitative estimate of drug-likeness (QED) is 0.797. The average molecular weight is 345 g/mol. The number of aliphatic hydroxyl groups excluding tert-OH is 1. The van der Waals surface area contributed by atoms with Crippen molar-refractivity contribution in [1.82, 2.24) is 5.32 Å². The van der Waals surface area contributed by atoms with E-state index in [0.29, 0.717) is 24.3 Å². The lowest BCUT2D eigenvalue weighted by molar-refractivity contribution is -0.155. The Labute approximate surface area is 149 Å². The van der Waals surface area contributed by atoms with Crippen LogP contribution < -0.4 is 5.32 Å². The molecule has 0 saturated heterocycles. The predicted octanol–water partition coefficient (Wildman–Crippen LogP) is 2.88. The minimum atomic E-state index is -0.421. The first-order chi connectivity index (χ1) is 12.0. The van der Waals surface area contributed by atoms with Gasteiger partial charge in [0.05, 0.1) is 13.2 Å². The van der Waals surface area contributed by atoms with E-state index in [2.05, 4.69) is 19.2 Å². The number of benzene rings is 1. The molecule has 1 aliphatic carbocycles. The molecular formula is C20H27NO4. The molecule has 1 saturated carbocycles. The summed E-state index contributed by atoms with van der Waals surface area (Å²) in [5.41, 5.74) is 1.89. The molecule has 2 atom stereocenters. The molecule has 1 aromatic rings. The van der Waals surface area contributed by atoms with Gasteiger partial charge in [0.1, 0.15) is 0 Å². The average Bonchev–Trinajstić information content (AvgIpc) is 3.44. The second-order valence-corrected chi connectivity index (χ2v) is 7.26. The Kier molecular flexibility index (Phi) is 5.76. The number of rotatable bonds is 7. The molecule has 1 aliphatic heterocycles. The molecular weight excluding hydrogens is 318 g/mol. The second kappa shape index (κ2) is 8.02. The van der Waals surface area contributed by atoms with Gasteiger partial charge in [-0.25, -0.2) is 0 Å². The van der Waals surface area contributed by atoms with Crippen molar-refractivity contribution in [2.24, 2.45) is 11.8 Å². The van der Waals surface area contributed by atoms with Crippen LogP contribution in [0.3, 0.4) is 0 Å². The number of allylic oxidation sites excluding steroid dienone is 1. The van der Waals surface area contributed by atoms with E-state index in [9.17, 15) is 4.79 Å². The third kappa shape index (κ3) is 5.06. The molecule has 1 amide bonds. The molecule has 1 heterocycles. The normalized spacial score (nSPS) is 23.1. The highest BCUT2D eigenvalue weighted by Crippen LogP contribution is 2.30. The minimum Gasteiger partial charge on any atom is -0.459 e. The van der Waals surface area contributed by atoms with Gasteiger partial charge in [-0.05, 0) is 41.9 Å². The van der Waals surface area contributed by atoms with Crippen LogP contribution in [0.25, 0.3) is 0 Å². The van der Waals surface area contributed by atoms with Gasteiger partial charge in [-0.3, -0.25) is 4.79 Å². The maximum absolute atomic E-state index is 12.3. The van der Waals surface area contributed by atoms with Gasteiger partial charge in [0.25, 0.3) is 5.91 Å². The van der Waals surface area contributed by atoms with Gasteiger partial charge in [-0.15, -0.1) is 0 Å². The fourth-order valence-electron chi connectivity index (χ4n) is 2.82. The van der Waals surface area contributed by atoms with E-state index < -0.39 is 6.29 Å². The predicted molar refractivity (Wildman–Crippen MR) is 94.2 cm³/mol. The standard InChI is InChI=1S/C20H27NO4/c1-13(2)16-9-18(20(23)21-17-7-8-17)25-19(10-16)24-12-15-5-3-14(11-22)4-6-15/h3-6,9,13,16-17,19,22H,7-8,10-12H2,1-2H3,(H,21,23)/t16-,19+/m0/s1. The fourth-order valence-corrected chi connectivity index (χ4v) is 2.82. The van der Waals surface area contributed by atoms with E-state index in [1.807, 2.05) is 30.3 Å². The molecule has 5 heteroatoms. The number of amides is 1. The molecule has 136 valence electrons. The SMILES string of the molecule is CC(C)[C@H]1C=C(C(=O)NC2CC2)O[C@@H](OCc2ccc(CO)cc2)C1. The van der Waals surface area contributed by atoms with Crippen LogP contribution in [0.1, 0.15) is 44.2 Å². The van der Waals surface area contributed by atoms with Gasteiger partial charge >= 0.3 is 0 Å². The van der Waals surface area contributed by atoms with Gasteiger partial charge in [-0.1, -0.05) is 38.1 Å². The molecule has 2 aliphatic rings. The lowest BCUT2D eigenvalue weighted by atomic mass is 9.90. The van der Waals surface area contributed by atoms with Crippen LogP contribution in [-0.2, 0) is 27.5 Å². The van der Waals surface area contributed by atoms with E-state index in [1.165, 1.54) is 0 Å². The molecule has 0 aromatic heterocycles. The minimum absolute atomic E-state index is 0.0349. The van der Waals surface area contributed by atoms with E-state index in [-0.39, 0.29) is 18.4 Å². The Morgan fingerprint density at radius 2 is 1.96 bits per heavy atom. The first kappa shape index (κ1) is 18.0. The zero-order valence-corrected chi connectivity index (χ0v) is 14.9.